The monoisotopic (exact) mass is 278 g/mol. The maximum absolute atomic E-state index is 12.7. The van der Waals surface area contributed by atoms with Crippen molar-refractivity contribution >= 4 is 5.91 Å². The van der Waals surface area contributed by atoms with Crippen LogP contribution >= 0.6 is 0 Å². The van der Waals surface area contributed by atoms with Gasteiger partial charge in [-0.1, -0.05) is 0 Å². The van der Waals surface area contributed by atoms with Crippen molar-refractivity contribution in [1.82, 2.24) is 14.7 Å². The molecule has 1 aromatic rings. The second kappa shape index (κ2) is 6.39. The highest BCUT2D eigenvalue weighted by molar-refractivity contribution is 5.95. The molecule has 0 aliphatic heterocycles. The number of nitrogens with two attached hydrogens (primary N) is 1. The minimum absolute atomic E-state index is 0.114. The van der Waals surface area contributed by atoms with Gasteiger partial charge in [0.2, 0.25) is 0 Å². The topological polar surface area (TPSA) is 64.2 Å². The Hall–Kier alpha value is -1.36. The van der Waals surface area contributed by atoms with Crippen molar-refractivity contribution < 1.29 is 4.79 Å². The second-order valence-corrected chi connectivity index (χ2v) is 6.00. The highest BCUT2D eigenvalue weighted by atomic mass is 16.2. The average molecular weight is 278 g/mol. The Labute approximate surface area is 121 Å². The summed E-state index contributed by atoms with van der Waals surface area (Å²) >= 11 is 0. The van der Waals surface area contributed by atoms with Crippen LogP contribution in [-0.4, -0.2) is 39.7 Å². The van der Waals surface area contributed by atoms with E-state index in [1.807, 2.05) is 16.5 Å². The van der Waals surface area contributed by atoms with Crippen LogP contribution in [0.15, 0.2) is 6.20 Å². The molecule has 2 rings (SSSR count). The number of rotatable bonds is 7. The maximum atomic E-state index is 12.7. The minimum Gasteiger partial charge on any atom is -0.336 e. The quantitative estimate of drug-likeness (QED) is 0.827. The molecule has 0 bridgehead atoms. The molecule has 1 amide bonds. The molecule has 1 saturated carbocycles. The summed E-state index contributed by atoms with van der Waals surface area (Å²) in [6.45, 7) is 8.42. The number of hydrogen-bond donors (Lipinski definition) is 1. The van der Waals surface area contributed by atoms with Crippen LogP contribution in [0.2, 0.25) is 0 Å². The molecule has 0 aromatic carbocycles. The van der Waals surface area contributed by atoms with Crippen molar-refractivity contribution in [2.75, 3.05) is 13.1 Å². The van der Waals surface area contributed by atoms with Gasteiger partial charge >= 0.3 is 0 Å². The Morgan fingerprint density at radius 3 is 2.80 bits per heavy atom. The van der Waals surface area contributed by atoms with E-state index in [0.717, 1.165) is 30.8 Å². The number of carbonyl (C=O) groups is 1. The first-order valence-electron chi connectivity index (χ1n) is 7.58. The first kappa shape index (κ1) is 15.0. The molecule has 5 nitrogen and oxygen atoms in total. The molecule has 0 unspecified atom stereocenters. The van der Waals surface area contributed by atoms with E-state index in [-0.39, 0.29) is 11.9 Å². The normalized spacial score (nSPS) is 14.8. The number of carbonyl (C=O) groups excluding carboxylic acids is 1. The van der Waals surface area contributed by atoms with Gasteiger partial charge in [0.1, 0.15) is 0 Å². The van der Waals surface area contributed by atoms with Gasteiger partial charge < -0.3 is 10.6 Å². The summed E-state index contributed by atoms with van der Waals surface area (Å²) < 4.78 is 1.88. The third-order valence-corrected chi connectivity index (χ3v) is 3.94. The molecule has 1 aromatic heterocycles. The highest BCUT2D eigenvalue weighted by Crippen LogP contribution is 2.31. The van der Waals surface area contributed by atoms with Crippen LogP contribution in [0.4, 0.5) is 0 Å². The van der Waals surface area contributed by atoms with Gasteiger partial charge in [0.05, 0.1) is 11.8 Å². The van der Waals surface area contributed by atoms with E-state index >= 15 is 0 Å². The summed E-state index contributed by atoms with van der Waals surface area (Å²) in [7, 11) is 0. The van der Waals surface area contributed by atoms with E-state index in [0.29, 0.717) is 12.5 Å². The Morgan fingerprint density at radius 1 is 1.55 bits per heavy atom. The summed E-state index contributed by atoms with van der Waals surface area (Å²) in [6.07, 6.45) is 5.10. The molecule has 112 valence electrons. The fraction of sp³-hybridized carbons (Fsp3) is 0.733. The number of aryl methyl sites for hydroxylation is 1. The third-order valence-electron chi connectivity index (χ3n) is 3.94. The molecule has 1 heterocycles. The molecule has 5 heteroatoms. The van der Waals surface area contributed by atoms with Crippen molar-refractivity contribution in [2.24, 2.45) is 11.7 Å². The summed E-state index contributed by atoms with van der Waals surface area (Å²) in [5, 5.41) is 4.32. The fourth-order valence-corrected chi connectivity index (χ4v) is 2.38. The lowest BCUT2D eigenvalue weighted by Gasteiger charge is -2.26. The lowest BCUT2D eigenvalue weighted by atomic mass is 10.2. The molecule has 1 aliphatic carbocycles. The smallest absolute Gasteiger partial charge is 0.257 e. The molecule has 20 heavy (non-hydrogen) atoms. The van der Waals surface area contributed by atoms with Gasteiger partial charge in [0, 0.05) is 24.8 Å². The SMILES string of the molecule is Cc1c(C(=O)N(CC2CC2)C(C)C)cnn1CCCN. The number of amides is 1. The first-order valence-corrected chi connectivity index (χ1v) is 7.58. The van der Waals surface area contributed by atoms with Gasteiger partial charge in [-0.15, -0.1) is 0 Å². The molecule has 1 fully saturated rings. The largest absolute Gasteiger partial charge is 0.336 e. The molecule has 0 radical (unpaired) electrons. The van der Waals surface area contributed by atoms with Crippen LogP contribution in [0.1, 0.15) is 49.2 Å². The van der Waals surface area contributed by atoms with Crippen molar-refractivity contribution in [1.29, 1.82) is 0 Å². The van der Waals surface area contributed by atoms with Crippen LogP contribution in [0.5, 0.6) is 0 Å². The van der Waals surface area contributed by atoms with E-state index in [1.54, 1.807) is 6.20 Å². The molecule has 1 aliphatic rings. The zero-order valence-electron chi connectivity index (χ0n) is 12.8. The van der Waals surface area contributed by atoms with E-state index in [9.17, 15) is 4.79 Å². The van der Waals surface area contributed by atoms with Gasteiger partial charge in [-0.3, -0.25) is 9.48 Å². The minimum atomic E-state index is 0.114. The van der Waals surface area contributed by atoms with Crippen LogP contribution in [-0.2, 0) is 6.54 Å². The highest BCUT2D eigenvalue weighted by Gasteiger charge is 2.30. The molecule has 0 saturated heterocycles. The van der Waals surface area contributed by atoms with Gasteiger partial charge in [-0.05, 0) is 52.5 Å². The Morgan fingerprint density at radius 2 is 2.25 bits per heavy atom. The summed E-state index contributed by atoms with van der Waals surface area (Å²) in [6, 6.07) is 0.231. The standard InChI is InChI=1S/C15H26N4O/c1-11(2)18(10-13-5-6-13)15(20)14-9-17-19(12(14)3)8-4-7-16/h9,11,13H,4-8,10,16H2,1-3H3. The van der Waals surface area contributed by atoms with Crippen LogP contribution in [0.25, 0.3) is 0 Å². The van der Waals surface area contributed by atoms with E-state index in [2.05, 4.69) is 18.9 Å². The second-order valence-electron chi connectivity index (χ2n) is 6.00. The van der Waals surface area contributed by atoms with E-state index in [4.69, 9.17) is 5.73 Å². The predicted molar refractivity (Wildman–Crippen MR) is 79.5 cm³/mol. The molecular formula is C15H26N4O. The Balaban J connectivity index is 2.11. The van der Waals surface area contributed by atoms with E-state index < -0.39 is 0 Å². The fourth-order valence-electron chi connectivity index (χ4n) is 2.38. The number of nitrogens with zero attached hydrogens (tertiary/aromatic N) is 3. The zero-order chi connectivity index (χ0) is 14.7. The van der Waals surface area contributed by atoms with Crippen molar-refractivity contribution in [3.8, 4) is 0 Å². The van der Waals surface area contributed by atoms with Gasteiger partial charge in [-0.25, -0.2) is 0 Å². The zero-order valence-corrected chi connectivity index (χ0v) is 12.8. The summed E-state index contributed by atoms with van der Waals surface area (Å²) in [5.74, 6) is 0.817. The third kappa shape index (κ3) is 3.39. The number of aromatic nitrogens is 2. The Kier molecular flexibility index (Phi) is 4.81. The average Bonchev–Trinajstić information content (AvgIpc) is 3.16. The predicted octanol–water partition coefficient (Wildman–Crippen LogP) is 1.80. The summed E-state index contributed by atoms with van der Waals surface area (Å²) in [4.78, 5) is 14.7. The number of hydrogen-bond acceptors (Lipinski definition) is 3. The van der Waals surface area contributed by atoms with Crippen molar-refractivity contribution in [3.05, 3.63) is 17.5 Å². The lowest BCUT2D eigenvalue weighted by Crippen LogP contribution is -2.38. The first-order chi connectivity index (χ1) is 9.54. The molecular weight excluding hydrogens is 252 g/mol. The van der Waals surface area contributed by atoms with Crippen LogP contribution in [0, 0.1) is 12.8 Å². The molecule has 0 atom stereocenters. The molecule has 2 N–H and O–H groups in total. The summed E-state index contributed by atoms with van der Waals surface area (Å²) in [5.41, 5.74) is 7.21. The van der Waals surface area contributed by atoms with Gasteiger partial charge in [0.25, 0.3) is 5.91 Å². The van der Waals surface area contributed by atoms with Crippen molar-refractivity contribution in [2.45, 2.75) is 52.6 Å². The van der Waals surface area contributed by atoms with E-state index in [1.165, 1.54) is 12.8 Å². The van der Waals surface area contributed by atoms with Crippen LogP contribution in [0.3, 0.4) is 0 Å². The Bertz CT molecular complexity index is 462. The lowest BCUT2D eigenvalue weighted by molar-refractivity contribution is 0.0695. The molecule has 0 spiro atoms. The maximum Gasteiger partial charge on any atom is 0.257 e. The van der Waals surface area contributed by atoms with Crippen LogP contribution < -0.4 is 5.73 Å². The van der Waals surface area contributed by atoms with Crippen molar-refractivity contribution in [3.63, 3.8) is 0 Å². The van der Waals surface area contributed by atoms with Gasteiger partial charge in [0.15, 0.2) is 0 Å². The van der Waals surface area contributed by atoms with Gasteiger partial charge in [-0.2, -0.15) is 5.10 Å².